The van der Waals surface area contributed by atoms with Crippen molar-refractivity contribution in [2.24, 2.45) is 7.05 Å². The Kier molecular flexibility index (Phi) is 5.65. The highest BCUT2D eigenvalue weighted by molar-refractivity contribution is 7.80. The molecule has 12 heteroatoms. The van der Waals surface area contributed by atoms with Gasteiger partial charge in [0.2, 0.25) is 0 Å². The molecule has 1 aliphatic heterocycles. The smallest absolute Gasteiger partial charge is 0.298 e. The summed E-state index contributed by atoms with van der Waals surface area (Å²) in [5.74, 6) is -1.30. The SMILES string of the molecule is Cn1nc(-c2ccc(/C=C3\C(=O)NC(=S)N(c4ccc(Cl)cc4)C3=O)s2)cc1C(F)(F)F. The summed E-state index contributed by atoms with van der Waals surface area (Å²) in [6, 6.07) is 10.5. The maximum atomic E-state index is 13.0. The van der Waals surface area contributed by atoms with Crippen LogP contribution in [-0.4, -0.2) is 26.7 Å². The summed E-state index contributed by atoms with van der Waals surface area (Å²) in [4.78, 5) is 27.5. The first kappa shape index (κ1) is 22.2. The number of thiophene rings is 1. The summed E-state index contributed by atoms with van der Waals surface area (Å²) in [6.07, 6.45) is -3.16. The minimum Gasteiger partial charge on any atom is -0.298 e. The predicted molar refractivity (Wildman–Crippen MR) is 119 cm³/mol. The Bertz CT molecular complexity index is 1280. The van der Waals surface area contributed by atoms with Gasteiger partial charge in [0, 0.05) is 16.9 Å². The second-order valence-corrected chi connectivity index (χ2v) is 8.61. The number of carbonyl (C=O) groups is 2. The van der Waals surface area contributed by atoms with Crippen molar-refractivity contribution in [2.75, 3.05) is 4.90 Å². The highest BCUT2D eigenvalue weighted by Gasteiger charge is 2.36. The molecular formula is C20H12ClF3N4O2S2. The van der Waals surface area contributed by atoms with Crippen LogP contribution >= 0.6 is 35.2 Å². The number of nitrogens with one attached hydrogen (secondary N) is 1. The van der Waals surface area contributed by atoms with Gasteiger partial charge in [0.05, 0.1) is 10.6 Å². The molecule has 1 aromatic carbocycles. The second kappa shape index (κ2) is 8.15. The molecule has 4 rings (SSSR count). The van der Waals surface area contributed by atoms with Crippen LogP contribution in [-0.2, 0) is 22.8 Å². The first-order chi connectivity index (χ1) is 15.0. The van der Waals surface area contributed by atoms with Gasteiger partial charge in [-0.25, -0.2) is 0 Å². The zero-order valence-electron chi connectivity index (χ0n) is 16.1. The number of carbonyl (C=O) groups excluding carboxylic acids is 2. The fourth-order valence-electron chi connectivity index (χ4n) is 3.05. The number of benzene rings is 1. The second-order valence-electron chi connectivity index (χ2n) is 6.67. The van der Waals surface area contributed by atoms with E-state index in [0.717, 1.165) is 22.1 Å². The zero-order valence-corrected chi connectivity index (χ0v) is 18.5. The van der Waals surface area contributed by atoms with Gasteiger partial charge in [-0.15, -0.1) is 11.3 Å². The molecular weight excluding hydrogens is 485 g/mol. The van der Waals surface area contributed by atoms with Crippen LogP contribution in [0.3, 0.4) is 0 Å². The molecule has 0 bridgehead atoms. The molecule has 0 unspecified atom stereocenters. The monoisotopic (exact) mass is 496 g/mol. The van der Waals surface area contributed by atoms with Crippen molar-refractivity contribution in [3.63, 3.8) is 0 Å². The number of hydrogen-bond donors (Lipinski definition) is 1. The lowest BCUT2D eigenvalue weighted by Crippen LogP contribution is -2.54. The number of aromatic nitrogens is 2. The van der Waals surface area contributed by atoms with E-state index in [1.807, 2.05) is 0 Å². The highest BCUT2D eigenvalue weighted by atomic mass is 35.5. The zero-order chi connectivity index (χ0) is 23.2. The average Bonchev–Trinajstić information content (AvgIpc) is 3.32. The molecule has 2 amide bonds. The van der Waals surface area contributed by atoms with Gasteiger partial charge in [0.15, 0.2) is 5.11 Å². The van der Waals surface area contributed by atoms with Crippen LogP contribution in [0.5, 0.6) is 0 Å². The van der Waals surface area contributed by atoms with Crippen molar-refractivity contribution in [1.29, 1.82) is 0 Å². The lowest BCUT2D eigenvalue weighted by atomic mass is 10.1. The fraction of sp³-hybridized carbons (Fsp3) is 0.100. The Morgan fingerprint density at radius 3 is 2.47 bits per heavy atom. The topological polar surface area (TPSA) is 67.2 Å². The largest absolute Gasteiger partial charge is 0.433 e. The van der Waals surface area contributed by atoms with Gasteiger partial charge in [0.25, 0.3) is 11.8 Å². The average molecular weight is 497 g/mol. The number of amides is 2. The minimum atomic E-state index is -4.53. The van der Waals surface area contributed by atoms with Gasteiger partial charge >= 0.3 is 6.18 Å². The molecule has 0 radical (unpaired) electrons. The van der Waals surface area contributed by atoms with Gasteiger partial charge in [-0.3, -0.25) is 24.5 Å². The van der Waals surface area contributed by atoms with Gasteiger partial charge in [-0.05, 0) is 60.8 Å². The molecule has 1 saturated heterocycles. The van der Waals surface area contributed by atoms with Crippen LogP contribution in [0.15, 0.2) is 48.0 Å². The lowest BCUT2D eigenvalue weighted by molar-refractivity contribution is -0.143. The standard InChI is InChI=1S/C20H12ClF3N4O2S2/c1-27-16(20(22,23)24)9-14(26-27)15-7-6-12(32-15)8-13-17(29)25-19(31)28(18(13)30)11-4-2-10(21)3-5-11/h2-9H,1H3,(H,25,29,31)/b13-8+. The van der Waals surface area contributed by atoms with E-state index < -0.39 is 23.7 Å². The van der Waals surface area contributed by atoms with Crippen molar-refractivity contribution < 1.29 is 22.8 Å². The summed E-state index contributed by atoms with van der Waals surface area (Å²) >= 11 is 12.1. The van der Waals surface area contributed by atoms with Crippen molar-refractivity contribution in [1.82, 2.24) is 15.1 Å². The number of anilines is 1. The summed E-state index contributed by atoms with van der Waals surface area (Å²) < 4.78 is 39.9. The molecule has 6 nitrogen and oxygen atoms in total. The summed E-state index contributed by atoms with van der Waals surface area (Å²) in [6.45, 7) is 0. The molecule has 3 heterocycles. The van der Waals surface area contributed by atoms with Crippen LogP contribution < -0.4 is 10.2 Å². The Labute approximate surface area is 193 Å². The number of aryl methyl sites for hydroxylation is 1. The molecule has 3 aromatic rings. The van der Waals surface area contributed by atoms with E-state index in [1.165, 1.54) is 18.0 Å². The Hall–Kier alpha value is -3.02. The van der Waals surface area contributed by atoms with Crippen molar-refractivity contribution in [3.05, 3.63) is 63.6 Å². The summed E-state index contributed by atoms with van der Waals surface area (Å²) in [7, 11) is 1.21. The van der Waals surface area contributed by atoms with Crippen LogP contribution in [0.25, 0.3) is 16.6 Å². The normalized spacial score (nSPS) is 16.1. The molecule has 0 saturated carbocycles. The molecule has 164 valence electrons. The Morgan fingerprint density at radius 2 is 1.84 bits per heavy atom. The quantitative estimate of drug-likeness (QED) is 0.325. The molecule has 1 aliphatic rings. The van der Waals surface area contributed by atoms with E-state index in [4.69, 9.17) is 23.8 Å². The highest BCUT2D eigenvalue weighted by Crippen LogP contribution is 2.35. The van der Waals surface area contributed by atoms with Gasteiger partial charge < -0.3 is 0 Å². The number of nitrogens with zero attached hydrogens (tertiary/aromatic N) is 3. The molecule has 1 fully saturated rings. The number of halogens is 4. The van der Waals surface area contributed by atoms with E-state index in [-0.39, 0.29) is 16.4 Å². The van der Waals surface area contributed by atoms with Crippen LogP contribution in [0.1, 0.15) is 10.6 Å². The Morgan fingerprint density at radius 1 is 1.16 bits per heavy atom. The van der Waals surface area contributed by atoms with Crippen LogP contribution in [0.2, 0.25) is 5.02 Å². The number of hydrogen-bond acceptors (Lipinski definition) is 5. The third-order valence-corrected chi connectivity index (χ3v) is 6.11. The van der Waals surface area contributed by atoms with Crippen molar-refractivity contribution >= 4 is 63.8 Å². The first-order valence-electron chi connectivity index (χ1n) is 8.93. The van der Waals surface area contributed by atoms with E-state index >= 15 is 0 Å². The van der Waals surface area contributed by atoms with E-state index in [0.29, 0.717) is 20.5 Å². The number of alkyl halides is 3. The molecule has 0 spiro atoms. The molecule has 2 aromatic heterocycles. The third-order valence-electron chi connectivity index (χ3n) is 4.52. The molecule has 32 heavy (non-hydrogen) atoms. The van der Waals surface area contributed by atoms with Gasteiger partial charge in [0.1, 0.15) is 17.0 Å². The molecule has 0 aliphatic carbocycles. The van der Waals surface area contributed by atoms with Crippen LogP contribution in [0.4, 0.5) is 18.9 Å². The third kappa shape index (κ3) is 4.18. The lowest BCUT2D eigenvalue weighted by Gasteiger charge is -2.28. The van der Waals surface area contributed by atoms with E-state index in [2.05, 4.69) is 10.4 Å². The molecule has 0 atom stereocenters. The Balaban J connectivity index is 1.66. The van der Waals surface area contributed by atoms with E-state index in [9.17, 15) is 22.8 Å². The number of rotatable bonds is 3. The van der Waals surface area contributed by atoms with Crippen LogP contribution in [0, 0.1) is 0 Å². The van der Waals surface area contributed by atoms with Crippen molar-refractivity contribution in [2.45, 2.75) is 6.18 Å². The van der Waals surface area contributed by atoms with Crippen molar-refractivity contribution in [3.8, 4) is 10.6 Å². The number of thiocarbonyl (C=S) groups is 1. The maximum Gasteiger partial charge on any atom is 0.433 e. The van der Waals surface area contributed by atoms with Gasteiger partial charge in [-0.1, -0.05) is 11.6 Å². The summed E-state index contributed by atoms with van der Waals surface area (Å²) in [5.41, 5.74) is -0.484. The first-order valence-corrected chi connectivity index (χ1v) is 10.5. The molecule has 1 N–H and O–H groups in total. The van der Waals surface area contributed by atoms with E-state index in [1.54, 1.807) is 36.4 Å². The minimum absolute atomic E-state index is 0.0699. The fourth-order valence-corrected chi connectivity index (χ4v) is 4.36. The maximum absolute atomic E-state index is 13.0. The summed E-state index contributed by atoms with van der Waals surface area (Å²) in [5, 5.41) is 6.78. The van der Waals surface area contributed by atoms with Gasteiger partial charge in [-0.2, -0.15) is 18.3 Å². The predicted octanol–water partition coefficient (Wildman–Crippen LogP) is 4.65.